The second-order valence-corrected chi connectivity index (χ2v) is 6.97. The smallest absolute Gasteiger partial charge is 0.409 e. The average Bonchev–Trinajstić information content (AvgIpc) is 3.17. The number of ether oxygens (including phenoxy) is 1. The lowest BCUT2D eigenvalue weighted by Gasteiger charge is -2.35. The number of halogens is 1. The van der Waals surface area contributed by atoms with Crippen LogP contribution in [0.4, 0.5) is 9.18 Å². The first-order chi connectivity index (χ1) is 14.5. The van der Waals surface area contributed by atoms with Crippen molar-refractivity contribution in [2.24, 2.45) is 4.99 Å². The zero-order chi connectivity index (χ0) is 21.5. The summed E-state index contributed by atoms with van der Waals surface area (Å²) in [5, 5.41) is 3.28. The van der Waals surface area contributed by atoms with Crippen molar-refractivity contribution in [2.75, 3.05) is 39.3 Å². The Labute approximate surface area is 176 Å². The summed E-state index contributed by atoms with van der Waals surface area (Å²) in [6.45, 7) is 9.59. The lowest BCUT2D eigenvalue weighted by atomic mass is 10.2. The predicted molar refractivity (Wildman–Crippen MR) is 113 cm³/mol. The second-order valence-electron chi connectivity index (χ2n) is 6.97. The topological polar surface area (TPSA) is 75.0 Å². The number of guanidine groups is 1. The summed E-state index contributed by atoms with van der Waals surface area (Å²) in [4.78, 5) is 24.5. The van der Waals surface area contributed by atoms with Gasteiger partial charge < -0.3 is 24.4 Å². The van der Waals surface area contributed by atoms with E-state index in [2.05, 4.69) is 20.2 Å². The maximum Gasteiger partial charge on any atom is 0.409 e. The first kappa shape index (κ1) is 21.6. The quantitative estimate of drug-likeness (QED) is 0.599. The number of aromatic nitrogens is 2. The van der Waals surface area contributed by atoms with Gasteiger partial charge >= 0.3 is 6.09 Å². The fourth-order valence-corrected chi connectivity index (χ4v) is 3.38. The SMILES string of the molecule is CCNC(=NCc1ccc(-n2ccnc2C)c(F)c1)N1CCN(C(=O)OCC)CC1. The molecule has 2 heterocycles. The normalized spacial score (nSPS) is 14.7. The van der Waals surface area contributed by atoms with Crippen LogP contribution in [0, 0.1) is 12.7 Å². The fraction of sp³-hybridized carbons (Fsp3) is 0.476. The molecule has 1 fully saturated rings. The number of piperazine rings is 1. The first-order valence-electron chi connectivity index (χ1n) is 10.3. The molecule has 0 bridgehead atoms. The van der Waals surface area contributed by atoms with Gasteiger partial charge in [0.05, 0.1) is 18.8 Å². The highest BCUT2D eigenvalue weighted by molar-refractivity contribution is 5.80. The van der Waals surface area contributed by atoms with Crippen molar-refractivity contribution in [3.8, 4) is 5.69 Å². The second kappa shape index (κ2) is 10.1. The molecule has 1 amide bonds. The number of nitrogens with zero attached hydrogens (tertiary/aromatic N) is 5. The van der Waals surface area contributed by atoms with Gasteiger partial charge in [-0.1, -0.05) is 6.07 Å². The Balaban J connectivity index is 1.66. The van der Waals surface area contributed by atoms with E-state index in [4.69, 9.17) is 4.74 Å². The van der Waals surface area contributed by atoms with Gasteiger partial charge in [0.15, 0.2) is 5.96 Å². The van der Waals surface area contributed by atoms with E-state index in [1.807, 2.05) is 19.9 Å². The summed E-state index contributed by atoms with van der Waals surface area (Å²) >= 11 is 0. The number of carbonyl (C=O) groups is 1. The van der Waals surface area contributed by atoms with Crippen LogP contribution in [0.15, 0.2) is 35.6 Å². The van der Waals surface area contributed by atoms with E-state index in [0.29, 0.717) is 45.0 Å². The van der Waals surface area contributed by atoms with Crippen LogP contribution in [-0.2, 0) is 11.3 Å². The molecule has 0 radical (unpaired) electrons. The molecule has 3 rings (SSSR count). The molecule has 1 aromatic carbocycles. The molecular formula is C21H29FN6O2. The molecule has 30 heavy (non-hydrogen) atoms. The lowest BCUT2D eigenvalue weighted by molar-refractivity contribution is 0.0914. The Morgan fingerprint density at radius 3 is 2.57 bits per heavy atom. The van der Waals surface area contributed by atoms with Crippen LogP contribution in [0.3, 0.4) is 0 Å². The van der Waals surface area contributed by atoms with Crippen LogP contribution in [-0.4, -0.2) is 70.7 Å². The van der Waals surface area contributed by atoms with Crippen LogP contribution in [0.1, 0.15) is 25.2 Å². The molecule has 0 spiro atoms. The Hall–Kier alpha value is -3.10. The molecule has 0 saturated carbocycles. The van der Waals surface area contributed by atoms with E-state index in [0.717, 1.165) is 23.9 Å². The summed E-state index contributed by atoms with van der Waals surface area (Å²) < 4.78 is 21.4. The number of carbonyl (C=O) groups excluding carboxylic acids is 1. The van der Waals surface area contributed by atoms with Crippen molar-refractivity contribution in [3.05, 3.63) is 47.8 Å². The van der Waals surface area contributed by atoms with Crippen LogP contribution in [0.5, 0.6) is 0 Å². The molecule has 0 unspecified atom stereocenters. The summed E-state index contributed by atoms with van der Waals surface area (Å²) in [5.41, 5.74) is 1.26. The van der Waals surface area contributed by atoms with Crippen molar-refractivity contribution >= 4 is 12.1 Å². The van der Waals surface area contributed by atoms with Gasteiger partial charge in [0.2, 0.25) is 0 Å². The van der Waals surface area contributed by atoms with Gasteiger partial charge in [-0.05, 0) is 38.5 Å². The number of rotatable bonds is 5. The van der Waals surface area contributed by atoms with Gasteiger partial charge in [0, 0.05) is 45.1 Å². The maximum atomic E-state index is 14.6. The number of hydrogen-bond acceptors (Lipinski definition) is 4. The fourth-order valence-electron chi connectivity index (χ4n) is 3.38. The standard InChI is InChI=1S/C21H29FN6O2/c1-4-23-20(26-10-12-27(13-11-26)21(29)30-5-2)25-15-17-6-7-19(18(22)14-17)28-9-8-24-16(28)3/h6-9,14H,4-5,10-13,15H2,1-3H3,(H,23,25). The largest absolute Gasteiger partial charge is 0.450 e. The molecular weight excluding hydrogens is 387 g/mol. The minimum atomic E-state index is -0.308. The number of nitrogens with one attached hydrogen (secondary N) is 1. The minimum absolute atomic E-state index is 0.275. The van der Waals surface area contributed by atoms with E-state index in [1.54, 1.807) is 34.9 Å². The minimum Gasteiger partial charge on any atom is -0.450 e. The summed E-state index contributed by atoms with van der Waals surface area (Å²) in [7, 11) is 0. The molecule has 1 aliphatic heterocycles. The van der Waals surface area contributed by atoms with E-state index in [9.17, 15) is 9.18 Å². The van der Waals surface area contributed by atoms with Crippen LogP contribution in [0.25, 0.3) is 5.69 Å². The Bertz CT molecular complexity index is 889. The van der Waals surface area contributed by atoms with Gasteiger partial charge in [0.25, 0.3) is 0 Å². The Morgan fingerprint density at radius 1 is 1.23 bits per heavy atom. The molecule has 8 nitrogen and oxygen atoms in total. The van der Waals surface area contributed by atoms with Gasteiger partial charge in [0.1, 0.15) is 11.6 Å². The molecule has 9 heteroatoms. The monoisotopic (exact) mass is 416 g/mol. The number of aryl methyl sites for hydroxylation is 1. The third-order valence-corrected chi connectivity index (χ3v) is 4.95. The van der Waals surface area contributed by atoms with Crippen molar-refractivity contribution < 1.29 is 13.9 Å². The first-order valence-corrected chi connectivity index (χ1v) is 10.3. The molecule has 1 N–H and O–H groups in total. The third kappa shape index (κ3) is 5.08. The van der Waals surface area contributed by atoms with Crippen molar-refractivity contribution in [2.45, 2.75) is 27.3 Å². The van der Waals surface area contributed by atoms with Crippen LogP contribution >= 0.6 is 0 Å². The van der Waals surface area contributed by atoms with Crippen LogP contribution in [0.2, 0.25) is 0 Å². The van der Waals surface area contributed by atoms with Gasteiger partial charge in [-0.2, -0.15) is 0 Å². The molecule has 0 aliphatic carbocycles. The molecule has 162 valence electrons. The van der Waals surface area contributed by atoms with Gasteiger partial charge in [-0.15, -0.1) is 0 Å². The van der Waals surface area contributed by atoms with E-state index >= 15 is 0 Å². The number of aliphatic imine (C=N–C) groups is 1. The highest BCUT2D eigenvalue weighted by Crippen LogP contribution is 2.17. The number of amides is 1. The molecule has 1 aromatic heterocycles. The third-order valence-electron chi connectivity index (χ3n) is 4.95. The molecule has 2 aromatic rings. The lowest BCUT2D eigenvalue weighted by Crippen LogP contribution is -2.53. The molecule has 1 aliphatic rings. The van der Waals surface area contributed by atoms with Crippen molar-refractivity contribution in [1.29, 1.82) is 0 Å². The van der Waals surface area contributed by atoms with E-state index in [1.165, 1.54) is 6.07 Å². The zero-order valence-electron chi connectivity index (χ0n) is 17.8. The van der Waals surface area contributed by atoms with Crippen molar-refractivity contribution in [3.63, 3.8) is 0 Å². The van der Waals surface area contributed by atoms with E-state index < -0.39 is 0 Å². The Kier molecular flexibility index (Phi) is 7.26. The Morgan fingerprint density at radius 2 is 1.97 bits per heavy atom. The molecule has 0 atom stereocenters. The van der Waals surface area contributed by atoms with E-state index in [-0.39, 0.29) is 11.9 Å². The number of imidazole rings is 1. The number of hydrogen-bond donors (Lipinski definition) is 1. The maximum absolute atomic E-state index is 14.6. The van der Waals surface area contributed by atoms with Gasteiger partial charge in [-0.25, -0.2) is 19.2 Å². The summed E-state index contributed by atoms with van der Waals surface area (Å²) in [5.74, 6) is 1.18. The average molecular weight is 417 g/mol. The number of benzene rings is 1. The highest BCUT2D eigenvalue weighted by atomic mass is 19.1. The zero-order valence-corrected chi connectivity index (χ0v) is 17.8. The van der Waals surface area contributed by atoms with Gasteiger partial charge in [-0.3, -0.25) is 0 Å². The summed E-state index contributed by atoms with van der Waals surface area (Å²) in [6.07, 6.45) is 3.12. The predicted octanol–water partition coefficient (Wildman–Crippen LogP) is 2.56. The highest BCUT2D eigenvalue weighted by Gasteiger charge is 2.23. The van der Waals surface area contributed by atoms with Crippen LogP contribution < -0.4 is 5.32 Å². The van der Waals surface area contributed by atoms with Crippen molar-refractivity contribution in [1.82, 2.24) is 24.7 Å². The molecule has 1 saturated heterocycles. The summed E-state index contributed by atoms with van der Waals surface area (Å²) in [6, 6.07) is 5.14.